The summed E-state index contributed by atoms with van der Waals surface area (Å²) in [5, 5.41) is 0. The van der Waals surface area contributed by atoms with Crippen LogP contribution in [0.4, 0.5) is 0 Å². The second kappa shape index (κ2) is 5.75. The molecule has 0 fully saturated rings. The van der Waals surface area contributed by atoms with E-state index in [1.165, 1.54) is 22.3 Å². The molecule has 1 heterocycles. The molecule has 1 aliphatic carbocycles. The van der Waals surface area contributed by atoms with Crippen molar-refractivity contribution in [3.8, 4) is 12.3 Å². The van der Waals surface area contributed by atoms with Gasteiger partial charge in [-0.3, -0.25) is 0 Å². The van der Waals surface area contributed by atoms with E-state index in [2.05, 4.69) is 59.3 Å². The predicted molar refractivity (Wildman–Crippen MR) is 81.8 cm³/mol. The molecule has 98 valence electrons. The summed E-state index contributed by atoms with van der Waals surface area (Å²) in [6.45, 7) is 0.937. The zero-order valence-corrected chi connectivity index (χ0v) is 11.5. The van der Waals surface area contributed by atoms with Crippen LogP contribution in [0.2, 0.25) is 0 Å². The first kappa shape index (κ1) is 12.7. The molecule has 1 nitrogen and oxygen atoms in total. The first-order chi connectivity index (χ1) is 9.88. The second-order valence-electron chi connectivity index (χ2n) is 5.17. The number of rotatable bonds is 3. The fourth-order valence-electron chi connectivity index (χ4n) is 2.92. The van der Waals surface area contributed by atoms with Gasteiger partial charge in [0.2, 0.25) is 0 Å². The van der Waals surface area contributed by atoms with Crippen molar-refractivity contribution in [2.75, 3.05) is 0 Å². The third-order valence-corrected chi connectivity index (χ3v) is 3.89. The Morgan fingerprint density at radius 3 is 2.60 bits per heavy atom. The molecular formula is C19H18N+. The quantitative estimate of drug-likeness (QED) is 0.588. The Labute approximate surface area is 120 Å². The van der Waals surface area contributed by atoms with E-state index in [0.717, 1.165) is 25.8 Å². The summed E-state index contributed by atoms with van der Waals surface area (Å²) >= 11 is 0. The summed E-state index contributed by atoms with van der Waals surface area (Å²) in [7, 11) is 0. The molecule has 3 rings (SSSR count). The highest BCUT2D eigenvalue weighted by Crippen LogP contribution is 2.33. The van der Waals surface area contributed by atoms with Gasteiger partial charge in [0.05, 0.1) is 0 Å². The van der Waals surface area contributed by atoms with E-state index in [1.54, 1.807) is 0 Å². The largest absolute Gasteiger partial charge is 0.201 e. The van der Waals surface area contributed by atoms with Crippen LogP contribution in [0.5, 0.6) is 0 Å². The number of hydrogen-bond donors (Lipinski definition) is 0. The average Bonchev–Trinajstić information content (AvgIpc) is 2.51. The Bertz CT molecular complexity index is 674. The summed E-state index contributed by atoms with van der Waals surface area (Å²) in [5.74, 6) is 2.83. The van der Waals surface area contributed by atoms with Gasteiger partial charge in [-0.25, -0.2) is 4.57 Å². The first-order valence-electron chi connectivity index (χ1n) is 7.05. The summed E-state index contributed by atoms with van der Waals surface area (Å²) in [4.78, 5) is 0. The third-order valence-electron chi connectivity index (χ3n) is 3.89. The van der Waals surface area contributed by atoms with Gasteiger partial charge in [-0.15, -0.1) is 12.3 Å². The fraction of sp³-hybridized carbons (Fsp3) is 0.211. The molecule has 0 N–H and O–H groups in total. The van der Waals surface area contributed by atoms with Gasteiger partial charge >= 0.3 is 0 Å². The maximum atomic E-state index is 5.58. The molecule has 0 spiro atoms. The summed E-state index contributed by atoms with van der Waals surface area (Å²) in [6.07, 6.45) is 12.8. The zero-order chi connectivity index (χ0) is 13.8. The predicted octanol–water partition coefficient (Wildman–Crippen LogP) is 3.40. The number of aryl methyl sites for hydroxylation is 1. The third kappa shape index (κ3) is 2.51. The second-order valence-corrected chi connectivity index (χ2v) is 5.17. The van der Waals surface area contributed by atoms with Crippen molar-refractivity contribution in [3.63, 3.8) is 0 Å². The minimum atomic E-state index is 0.722. The molecule has 1 heteroatoms. The fourth-order valence-corrected chi connectivity index (χ4v) is 2.92. The van der Waals surface area contributed by atoms with Gasteiger partial charge in [-0.1, -0.05) is 30.3 Å². The number of fused-ring (bicyclic) bond motifs is 1. The number of hydrogen-bond acceptors (Lipinski definition) is 0. The molecule has 1 aromatic carbocycles. The minimum Gasteiger partial charge on any atom is -0.201 e. The molecule has 0 amide bonds. The Morgan fingerprint density at radius 1 is 1.00 bits per heavy atom. The molecule has 0 saturated heterocycles. The van der Waals surface area contributed by atoms with Gasteiger partial charge in [0.15, 0.2) is 18.9 Å². The smallest absolute Gasteiger partial charge is 0.170 e. The highest BCUT2D eigenvalue weighted by Gasteiger charge is 2.20. The van der Waals surface area contributed by atoms with Crippen LogP contribution in [0.3, 0.4) is 0 Å². The number of allylic oxidation sites excluding steroid dienone is 2. The molecule has 0 atom stereocenters. The van der Waals surface area contributed by atoms with Crippen molar-refractivity contribution < 1.29 is 4.57 Å². The normalized spacial score (nSPS) is 13.8. The molecule has 0 bridgehead atoms. The number of terminal acetylenes is 1. The molecule has 20 heavy (non-hydrogen) atoms. The SMILES string of the molecule is C#CCC1=C(C[n+]2ccccc2)CCc2ccccc21. The Morgan fingerprint density at radius 2 is 1.80 bits per heavy atom. The molecule has 1 aliphatic rings. The number of nitrogens with zero attached hydrogens (tertiary/aromatic N) is 1. The molecule has 1 aromatic heterocycles. The van der Waals surface area contributed by atoms with Crippen LogP contribution in [-0.4, -0.2) is 0 Å². The van der Waals surface area contributed by atoms with Gasteiger partial charge < -0.3 is 0 Å². The van der Waals surface area contributed by atoms with Crippen LogP contribution < -0.4 is 4.57 Å². The lowest BCUT2D eigenvalue weighted by atomic mass is 9.84. The van der Waals surface area contributed by atoms with E-state index >= 15 is 0 Å². The van der Waals surface area contributed by atoms with E-state index in [0.29, 0.717) is 0 Å². The average molecular weight is 260 g/mol. The van der Waals surface area contributed by atoms with Gasteiger partial charge in [-0.05, 0) is 35.1 Å². The summed E-state index contributed by atoms with van der Waals surface area (Å²) < 4.78 is 2.22. The molecule has 0 unspecified atom stereocenters. The summed E-state index contributed by atoms with van der Waals surface area (Å²) in [6, 6.07) is 14.8. The Hall–Kier alpha value is -2.33. The van der Waals surface area contributed by atoms with Crippen LogP contribution in [0, 0.1) is 12.3 Å². The maximum Gasteiger partial charge on any atom is 0.170 e. The maximum absolute atomic E-state index is 5.58. The van der Waals surface area contributed by atoms with Crippen molar-refractivity contribution >= 4 is 5.57 Å². The Balaban J connectivity index is 2.01. The Kier molecular flexibility index (Phi) is 3.65. The van der Waals surface area contributed by atoms with Crippen LogP contribution in [-0.2, 0) is 13.0 Å². The van der Waals surface area contributed by atoms with Crippen LogP contribution >= 0.6 is 0 Å². The van der Waals surface area contributed by atoms with Crippen LogP contribution in [0.25, 0.3) is 5.57 Å². The lowest BCUT2D eigenvalue weighted by Gasteiger charge is -2.21. The highest BCUT2D eigenvalue weighted by molar-refractivity contribution is 5.74. The topological polar surface area (TPSA) is 3.88 Å². The van der Waals surface area contributed by atoms with E-state index in [-0.39, 0.29) is 0 Å². The number of pyridine rings is 1. The van der Waals surface area contributed by atoms with Crippen molar-refractivity contribution in [1.29, 1.82) is 0 Å². The molecule has 2 aromatic rings. The van der Waals surface area contributed by atoms with E-state index in [9.17, 15) is 0 Å². The van der Waals surface area contributed by atoms with Crippen molar-refractivity contribution in [3.05, 3.63) is 71.6 Å². The molecule has 0 radical (unpaired) electrons. The van der Waals surface area contributed by atoms with E-state index in [4.69, 9.17) is 6.42 Å². The standard InChI is InChI=1S/C19H18N/c1-2-8-18-17(15-20-13-6-3-7-14-20)12-11-16-9-4-5-10-19(16)18/h1,3-7,9-10,13-14H,8,11-12,15H2/q+1. The summed E-state index contributed by atoms with van der Waals surface area (Å²) in [5.41, 5.74) is 5.60. The molecule has 0 aliphatic heterocycles. The minimum absolute atomic E-state index is 0.722. The first-order valence-corrected chi connectivity index (χ1v) is 7.05. The monoisotopic (exact) mass is 260 g/mol. The van der Waals surface area contributed by atoms with Crippen molar-refractivity contribution in [2.24, 2.45) is 0 Å². The number of benzene rings is 1. The zero-order valence-electron chi connectivity index (χ0n) is 11.5. The van der Waals surface area contributed by atoms with Crippen LogP contribution in [0.1, 0.15) is 24.0 Å². The van der Waals surface area contributed by atoms with E-state index in [1.807, 2.05) is 6.07 Å². The highest BCUT2D eigenvalue weighted by atomic mass is 14.9. The van der Waals surface area contributed by atoms with E-state index < -0.39 is 0 Å². The van der Waals surface area contributed by atoms with Crippen molar-refractivity contribution in [1.82, 2.24) is 0 Å². The lowest BCUT2D eigenvalue weighted by molar-refractivity contribution is -0.689. The number of aromatic nitrogens is 1. The van der Waals surface area contributed by atoms with Gasteiger partial charge in [-0.2, -0.15) is 0 Å². The van der Waals surface area contributed by atoms with Crippen LogP contribution in [0.15, 0.2) is 60.4 Å². The molecular weight excluding hydrogens is 242 g/mol. The van der Waals surface area contributed by atoms with Gasteiger partial charge in [0, 0.05) is 18.6 Å². The lowest BCUT2D eigenvalue weighted by Crippen LogP contribution is -2.34. The molecule has 0 saturated carbocycles. The van der Waals surface area contributed by atoms with Crippen molar-refractivity contribution in [2.45, 2.75) is 25.8 Å². The van der Waals surface area contributed by atoms with Gasteiger partial charge in [0.1, 0.15) is 0 Å². The van der Waals surface area contributed by atoms with Gasteiger partial charge in [0.25, 0.3) is 0 Å².